The average Bonchev–Trinajstić information content (AvgIpc) is 2.78. The van der Waals surface area contributed by atoms with Crippen molar-refractivity contribution < 1.29 is 38.5 Å². The van der Waals surface area contributed by atoms with Crippen molar-refractivity contribution >= 4 is 23.3 Å². The van der Waals surface area contributed by atoms with E-state index in [1.54, 1.807) is 32.9 Å². The van der Waals surface area contributed by atoms with Crippen LogP contribution in [0.2, 0.25) is 0 Å². The highest BCUT2D eigenvalue weighted by molar-refractivity contribution is 6.27. The van der Waals surface area contributed by atoms with E-state index in [0.29, 0.717) is 5.56 Å². The second kappa shape index (κ2) is 10.3. The zero-order valence-corrected chi connectivity index (χ0v) is 19.3. The van der Waals surface area contributed by atoms with Gasteiger partial charge in [0.15, 0.2) is 17.3 Å². The standard InChI is InChI=1S/C27H23FO7/c1-14(2)4-10-23(17-13-22(32)25-20(30)7-8-21(31)26(25)27(17)34)35-24(33)11-9-19(29)16-6-5-15(3)12-18(16)28/h4-9,11-13,23,30-31H,10H2,1-3H3/b11-9-/t23-/m1/s1. The molecule has 0 amide bonds. The van der Waals surface area contributed by atoms with Crippen molar-refractivity contribution in [3.8, 4) is 11.5 Å². The molecule has 1 atom stereocenters. The van der Waals surface area contributed by atoms with Crippen LogP contribution in [0.15, 0.2) is 65.8 Å². The fourth-order valence-corrected chi connectivity index (χ4v) is 3.54. The van der Waals surface area contributed by atoms with Gasteiger partial charge in [-0.25, -0.2) is 9.18 Å². The molecule has 2 N–H and O–H groups in total. The number of allylic oxidation sites excluding steroid dienone is 3. The summed E-state index contributed by atoms with van der Waals surface area (Å²) >= 11 is 0. The first-order valence-electron chi connectivity index (χ1n) is 10.7. The molecule has 180 valence electrons. The Bertz CT molecular complexity index is 1330. The van der Waals surface area contributed by atoms with Gasteiger partial charge in [-0.2, -0.15) is 0 Å². The van der Waals surface area contributed by atoms with Crippen LogP contribution in [0.3, 0.4) is 0 Å². The molecule has 0 saturated heterocycles. The van der Waals surface area contributed by atoms with Crippen molar-refractivity contribution in [3.05, 3.63) is 93.9 Å². The predicted molar refractivity (Wildman–Crippen MR) is 125 cm³/mol. The molecule has 35 heavy (non-hydrogen) atoms. The molecule has 0 spiro atoms. The summed E-state index contributed by atoms with van der Waals surface area (Å²) in [4.78, 5) is 50.5. The molecular weight excluding hydrogens is 455 g/mol. The highest BCUT2D eigenvalue weighted by atomic mass is 19.1. The minimum absolute atomic E-state index is 0.0300. The number of phenols is 2. The molecule has 0 heterocycles. The van der Waals surface area contributed by atoms with E-state index in [9.17, 15) is 33.8 Å². The summed E-state index contributed by atoms with van der Waals surface area (Å²) in [5.41, 5.74) is 0.345. The lowest BCUT2D eigenvalue weighted by Crippen LogP contribution is -2.28. The van der Waals surface area contributed by atoms with Crippen LogP contribution in [-0.4, -0.2) is 39.6 Å². The van der Waals surface area contributed by atoms with E-state index < -0.39 is 46.7 Å². The summed E-state index contributed by atoms with van der Waals surface area (Å²) in [6.07, 6.45) is 3.11. The van der Waals surface area contributed by atoms with Gasteiger partial charge in [-0.15, -0.1) is 0 Å². The lowest BCUT2D eigenvalue weighted by Gasteiger charge is -2.23. The second-order valence-electron chi connectivity index (χ2n) is 8.27. The Labute approximate surface area is 200 Å². The summed E-state index contributed by atoms with van der Waals surface area (Å²) in [5, 5.41) is 20.1. The first kappa shape index (κ1) is 25.3. The van der Waals surface area contributed by atoms with Gasteiger partial charge in [0.25, 0.3) is 0 Å². The van der Waals surface area contributed by atoms with E-state index in [-0.39, 0.29) is 28.7 Å². The molecule has 1 aliphatic carbocycles. The van der Waals surface area contributed by atoms with Crippen LogP contribution in [0.1, 0.15) is 56.9 Å². The fourth-order valence-electron chi connectivity index (χ4n) is 3.54. The molecule has 0 fully saturated rings. The third kappa shape index (κ3) is 5.60. The Morgan fingerprint density at radius 2 is 1.69 bits per heavy atom. The summed E-state index contributed by atoms with van der Waals surface area (Å²) in [6, 6.07) is 6.23. The highest BCUT2D eigenvalue weighted by Crippen LogP contribution is 2.36. The number of rotatable bonds is 7. The fraction of sp³-hybridized carbons (Fsp3) is 0.185. The molecule has 0 saturated carbocycles. The van der Waals surface area contributed by atoms with Crippen LogP contribution in [0, 0.1) is 12.7 Å². The number of aromatic hydroxyl groups is 2. The maximum Gasteiger partial charge on any atom is 0.331 e. The number of hydrogen-bond acceptors (Lipinski definition) is 7. The van der Waals surface area contributed by atoms with Crippen molar-refractivity contribution in [2.45, 2.75) is 33.3 Å². The first-order chi connectivity index (χ1) is 16.5. The number of aryl methyl sites for hydroxylation is 1. The maximum atomic E-state index is 14.0. The molecule has 0 aromatic heterocycles. The van der Waals surface area contributed by atoms with E-state index in [0.717, 1.165) is 35.9 Å². The van der Waals surface area contributed by atoms with E-state index in [1.165, 1.54) is 12.1 Å². The van der Waals surface area contributed by atoms with Crippen LogP contribution in [-0.2, 0) is 9.53 Å². The van der Waals surface area contributed by atoms with Crippen molar-refractivity contribution in [1.82, 2.24) is 0 Å². The van der Waals surface area contributed by atoms with Gasteiger partial charge in [0.2, 0.25) is 0 Å². The van der Waals surface area contributed by atoms with Crippen molar-refractivity contribution in [1.29, 1.82) is 0 Å². The van der Waals surface area contributed by atoms with Crippen molar-refractivity contribution in [3.63, 3.8) is 0 Å². The molecule has 7 nitrogen and oxygen atoms in total. The number of ketones is 3. The van der Waals surface area contributed by atoms with Gasteiger partial charge in [0.1, 0.15) is 23.4 Å². The number of carbonyl (C=O) groups excluding carboxylic acids is 4. The minimum atomic E-state index is -1.22. The van der Waals surface area contributed by atoms with Crippen molar-refractivity contribution in [2.75, 3.05) is 0 Å². The molecule has 0 unspecified atom stereocenters. The van der Waals surface area contributed by atoms with Gasteiger partial charge < -0.3 is 14.9 Å². The van der Waals surface area contributed by atoms with Crippen LogP contribution in [0.5, 0.6) is 11.5 Å². The molecule has 1 aliphatic rings. The molecule has 0 radical (unpaired) electrons. The molecule has 8 heteroatoms. The summed E-state index contributed by atoms with van der Waals surface area (Å²) < 4.78 is 19.4. The lowest BCUT2D eigenvalue weighted by molar-refractivity contribution is -0.141. The van der Waals surface area contributed by atoms with Gasteiger partial charge in [-0.1, -0.05) is 17.7 Å². The number of carbonyl (C=O) groups is 4. The molecule has 3 rings (SSSR count). The quantitative estimate of drug-likeness (QED) is 0.197. The number of esters is 1. The van der Waals surface area contributed by atoms with Crippen LogP contribution in [0.4, 0.5) is 4.39 Å². The Morgan fingerprint density at radius 3 is 2.31 bits per heavy atom. The highest BCUT2D eigenvalue weighted by Gasteiger charge is 2.35. The molecule has 2 aromatic carbocycles. The van der Waals surface area contributed by atoms with E-state index in [2.05, 4.69) is 0 Å². The second-order valence-corrected chi connectivity index (χ2v) is 8.27. The lowest BCUT2D eigenvalue weighted by atomic mass is 9.85. The number of halogens is 1. The SMILES string of the molecule is CC(C)=CC[C@@H](OC(=O)/C=C\C(=O)c1ccc(C)cc1F)C1=CC(=O)c2c(O)ccc(O)c2C1=O. The van der Waals surface area contributed by atoms with Gasteiger partial charge in [-0.05, 0) is 62.8 Å². The Hall–Kier alpha value is -4.33. The zero-order valence-electron chi connectivity index (χ0n) is 19.3. The normalized spacial score (nSPS) is 13.8. The Morgan fingerprint density at radius 1 is 1.03 bits per heavy atom. The number of fused-ring (bicyclic) bond motifs is 1. The average molecular weight is 478 g/mol. The molecule has 0 aliphatic heterocycles. The molecule has 2 aromatic rings. The summed E-state index contributed by atoms with van der Waals surface area (Å²) in [5.74, 6) is -4.96. The number of ether oxygens (including phenoxy) is 1. The Balaban J connectivity index is 1.88. The summed E-state index contributed by atoms with van der Waals surface area (Å²) in [6.45, 7) is 5.24. The van der Waals surface area contributed by atoms with Crippen molar-refractivity contribution in [2.24, 2.45) is 0 Å². The van der Waals surface area contributed by atoms with Gasteiger partial charge in [0.05, 0.1) is 16.7 Å². The van der Waals surface area contributed by atoms with Crippen LogP contribution in [0.25, 0.3) is 0 Å². The van der Waals surface area contributed by atoms with Gasteiger partial charge in [-0.3, -0.25) is 14.4 Å². The van der Waals surface area contributed by atoms with Gasteiger partial charge >= 0.3 is 5.97 Å². The molecular formula is C27H23FO7. The third-order valence-electron chi connectivity index (χ3n) is 5.29. The van der Waals surface area contributed by atoms with Crippen LogP contribution < -0.4 is 0 Å². The largest absolute Gasteiger partial charge is 0.507 e. The smallest absolute Gasteiger partial charge is 0.331 e. The number of phenolic OH excluding ortho intramolecular Hbond substituents is 2. The predicted octanol–water partition coefficient (Wildman–Crippen LogP) is 4.56. The maximum absolute atomic E-state index is 14.0. The molecule has 0 bridgehead atoms. The number of benzene rings is 2. The van der Waals surface area contributed by atoms with E-state index >= 15 is 0 Å². The number of Topliss-reactive ketones (excluding diaryl/α,β-unsaturated/α-hetero) is 1. The van der Waals surface area contributed by atoms with E-state index in [4.69, 9.17) is 4.74 Å². The third-order valence-corrected chi connectivity index (χ3v) is 5.29. The zero-order chi connectivity index (χ0) is 25.9. The monoisotopic (exact) mass is 478 g/mol. The van der Waals surface area contributed by atoms with E-state index in [1.807, 2.05) is 0 Å². The summed E-state index contributed by atoms with van der Waals surface area (Å²) in [7, 11) is 0. The topological polar surface area (TPSA) is 118 Å². The Kier molecular flexibility index (Phi) is 7.44. The first-order valence-corrected chi connectivity index (χ1v) is 10.7. The minimum Gasteiger partial charge on any atom is -0.507 e. The number of hydrogen-bond donors (Lipinski definition) is 2. The van der Waals surface area contributed by atoms with Crippen LogP contribution >= 0.6 is 0 Å². The van der Waals surface area contributed by atoms with Gasteiger partial charge in [0, 0.05) is 18.1 Å².